The first-order valence-electron chi connectivity index (χ1n) is 8.93. The van der Waals surface area contributed by atoms with Crippen LogP contribution < -0.4 is 10.9 Å². The molecule has 1 N–H and O–H groups in total. The molecule has 0 aromatic carbocycles. The lowest BCUT2D eigenvalue weighted by atomic mass is 9.48. The highest BCUT2D eigenvalue weighted by Gasteiger charge is 2.53. The van der Waals surface area contributed by atoms with E-state index >= 15 is 0 Å². The quantitative estimate of drug-likeness (QED) is 0.932. The molecule has 4 aliphatic rings. The molecule has 0 aliphatic heterocycles. The molecule has 4 saturated carbocycles. The molecule has 0 spiro atoms. The smallest absolute Gasteiger partial charge is 0.263 e. The van der Waals surface area contributed by atoms with Crippen molar-refractivity contribution in [3.8, 4) is 0 Å². The number of nitrogens with one attached hydrogen (secondary N) is 1. The van der Waals surface area contributed by atoms with Gasteiger partial charge in [0, 0.05) is 19.3 Å². The van der Waals surface area contributed by atoms with E-state index in [9.17, 15) is 9.59 Å². The average Bonchev–Trinajstić information content (AvgIpc) is 2.48. The number of nitrogens with zero attached hydrogens (tertiary/aromatic N) is 1. The number of carbonyl (C=O) groups excluding carboxylic acids is 1. The molecule has 1 heterocycles. The summed E-state index contributed by atoms with van der Waals surface area (Å²) in [7, 11) is 1.68. The van der Waals surface area contributed by atoms with Crippen LogP contribution in [0.3, 0.4) is 0 Å². The van der Waals surface area contributed by atoms with Crippen LogP contribution in [0.5, 0.6) is 0 Å². The fraction of sp³-hybridized carbons (Fsp3) is 0.684. The third-order valence-electron chi connectivity index (χ3n) is 6.72. The van der Waals surface area contributed by atoms with Crippen molar-refractivity contribution in [2.24, 2.45) is 30.2 Å². The molecule has 1 aromatic heterocycles. The van der Waals surface area contributed by atoms with E-state index in [0.717, 1.165) is 17.8 Å². The summed E-state index contributed by atoms with van der Waals surface area (Å²) in [6, 6.07) is 3.53. The van der Waals surface area contributed by atoms with Gasteiger partial charge in [0.25, 0.3) is 11.5 Å². The van der Waals surface area contributed by atoms with Crippen LogP contribution in [-0.2, 0) is 7.05 Å². The fourth-order valence-corrected chi connectivity index (χ4v) is 5.91. The van der Waals surface area contributed by atoms with Crippen molar-refractivity contribution in [2.75, 3.05) is 0 Å². The molecule has 124 valence electrons. The summed E-state index contributed by atoms with van der Waals surface area (Å²) in [6.07, 6.45) is 9.66. The molecule has 4 nitrogen and oxygen atoms in total. The summed E-state index contributed by atoms with van der Waals surface area (Å²) in [5.41, 5.74) is 0.305. The number of carbonyl (C=O) groups is 1. The molecule has 0 saturated heterocycles. The van der Waals surface area contributed by atoms with Gasteiger partial charge in [-0.2, -0.15) is 0 Å². The lowest BCUT2D eigenvalue weighted by Crippen LogP contribution is -2.56. The molecule has 1 aromatic rings. The zero-order chi connectivity index (χ0) is 16.2. The Morgan fingerprint density at radius 2 is 1.78 bits per heavy atom. The Labute approximate surface area is 137 Å². The maximum atomic E-state index is 12.6. The van der Waals surface area contributed by atoms with Gasteiger partial charge in [0.05, 0.1) is 0 Å². The summed E-state index contributed by atoms with van der Waals surface area (Å²) in [4.78, 5) is 24.7. The van der Waals surface area contributed by atoms with E-state index in [2.05, 4.69) is 12.2 Å². The van der Waals surface area contributed by atoms with Gasteiger partial charge in [-0.1, -0.05) is 0 Å². The minimum absolute atomic E-state index is 0.147. The molecule has 4 fully saturated rings. The van der Waals surface area contributed by atoms with E-state index in [1.165, 1.54) is 43.1 Å². The SMILES string of the molecule is CC(NC(=O)c1cccn(C)c1=O)C12CC3CC(CC(C3)C1)C2. The van der Waals surface area contributed by atoms with Crippen molar-refractivity contribution >= 4 is 5.91 Å². The van der Waals surface area contributed by atoms with E-state index in [1.807, 2.05) is 0 Å². The van der Waals surface area contributed by atoms with Crippen LogP contribution >= 0.6 is 0 Å². The lowest BCUT2D eigenvalue weighted by Gasteiger charge is -2.59. The predicted octanol–water partition coefficient (Wildman–Crippen LogP) is 2.72. The van der Waals surface area contributed by atoms with Gasteiger partial charge in [-0.15, -0.1) is 0 Å². The Hall–Kier alpha value is -1.58. The van der Waals surface area contributed by atoms with Gasteiger partial charge >= 0.3 is 0 Å². The zero-order valence-electron chi connectivity index (χ0n) is 14.0. The Kier molecular flexibility index (Phi) is 3.40. The van der Waals surface area contributed by atoms with Crippen LogP contribution in [0, 0.1) is 23.2 Å². The molecule has 4 aliphatic carbocycles. The minimum Gasteiger partial charge on any atom is -0.349 e. The normalized spacial score (nSPS) is 36.0. The molecule has 4 heteroatoms. The van der Waals surface area contributed by atoms with Crippen LogP contribution in [0.1, 0.15) is 55.8 Å². The Balaban J connectivity index is 1.54. The van der Waals surface area contributed by atoms with Crippen LogP contribution in [-0.4, -0.2) is 16.5 Å². The molecule has 1 atom stereocenters. The summed E-state index contributed by atoms with van der Waals surface area (Å²) < 4.78 is 1.46. The van der Waals surface area contributed by atoms with E-state index < -0.39 is 0 Å². The second kappa shape index (κ2) is 5.22. The zero-order valence-corrected chi connectivity index (χ0v) is 14.0. The van der Waals surface area contributed by atoms with E-state index in [-0.39, 0.29) is 28.5 Å². The van der Waals surface area contributed by atoms with Gasteiger partial charge in [-0.3, -0.25) is 9.59 Å². The van der Waals surface area contributed by atoms with Crippen LogP contribution in [0.25, 0.3) is 0 Å². The maximum Gasteiger partial charge on any atom is 0.263 e. The van der Waals surface area contributed by atoms with Crippen molar-refractivity contribution in [3.05, 3.63) is 34.2 Å². The fourth-order valence-electron chi connectivity index (χ4n) is 5.91. The topological polar surface area (TPSA) is 51.1 Å². The summed E-state index contributed by atoms with van der Waals surface area (Å²) in [6.45, 7) is 2.15. The van der Waals surface area contributed by atoms with E-state index in [0.29, 0.717) is 0 Å². The van der Waals surface area contributed by atoms with Crippen molar-refractivity contribution in [1.82, 2.24) is 9.88 Å². The average molecular weight is 314 g/mol. The third kappa shape index (κ3) is 2.43. The highest BCUT2D eigenvalue weighted by atomic mass is 16.2. The van der Waals surface area contributed by atoms with Gasteiger partial charge < -0.3 is 9.88 Å². The van der Waals surface area contributed by atoms with E-state index in [4.69, 9.17) is 0 Å². The number of hydrogen-bond donors (Lipinski definition) is 1. The second-order valence-electron chi connectivity index (χ2n) is 8.31. The van der Waals surface area contributed by atoms with Gasteiger partial charge in [-0.25, -0.2) is 0 Å². The highest BCUT2D eigenvalue weighted by Crippen LogP contribution is 2.61. The van der Waals surface area contributed by atoms with E-state index in [1.54, 1.807) is 25.4 Å². The lowest BCUT2D eigenvalue weighted by molar-refractivity contribution is -0.0688. The molecule has 1 unspecified atom stereocenters. The number of aromatic nitrogens is 1. The second-order valence-corrected chi connectivity index (χ2v) is 8.31. The first kappa shape index (κ1) is 15.0. The molecule has 4 bridgehead atoms. The standard InChI is InChI=1S/C19H26N2O2/c1-12(20-17(22)16-4-3-5-21(2)18(16)23)19-9-13-6-14(10-19)8-15(7-13)11-19/h3-5,12-15H,6-11H2,1-2H3,(H,20,22). The molecule has 5 rings (SSSR count). The van der Waals surface area contributed by atoms with Gasteiger partial charge in [0.2, 0.25) is 0 Å². The van der Waals surface area contributed by atoms with Gasteiger partial charge in [0.1, 0.15) is 5.56 Å². The van der Waals surface area contributed by atoms with Crippen molar-refractivity contribution in [3.63, 3.8) is 0 Å². The summed E-state index contributed by atoms with van der Waals surface area (Å²) >= 11 is 0. The minimum atomic E-state index is -0.220. The number of pyridine rings is 1. The molecule has 1 amide bonds. The monoisotopic (exact) mass is 314 g/mol. The third-order valence-corrected chi connectivity index (χ3v) is 6.72. The largest absolute Gasteiger partial charge is 0.349 e. The molecular weight excluding hydrogens is 288 g/mol. The highest BCUT2D eigenvalue weighted by molar-refractivity contribution is 5.94. The van der Waals surface area contributed by atoms with Crippen LogP contribution in [0.15, 0.2) is 23.1 Å². The van der Waals surface area contributed by atoms with Crippen molar-refractivity contribution in [2.45, 2.75) is 51.5 Å². The first-order chi connectivity index (χ1) is 11.0. The Morgan fingerprint density at radius 1 is 1.22 bits per heavy atom. The summed E-state index contributed by atoms with van der Waals surface area (Å²) in [5, 5.41) is 3.17. The van der Waals surface area contributed by atoms with Crippen LogP contribution in [0.2, 0.25) is 0 Å². The van der Waals surface area contributed by atoms with Crippen molar-refractivity contribution < 1.29 is 4.79 Å². The maximum absolute atomic E-state index is 12.6. The Bertz CT molecular complexity index is 656. The number of aryl methyl sites for hydroxylation is 1. The first-order valence-corrected chi connectivity index (χ1v) is 8.93. The molecule has 0 radical (unpaired) electrons. The number of rotatable bonds is 3. The summed E-state index contributed by atoms with van der Waals surface area (Å²) in [5.74, 6) is 2.38. The van der Waals surface area contributed by atoms with Gasteiger partial charge in [-0.05, 0) is 80.8 Å². The number of hydrogen-bond acceptors (Lipinski definition) is 2. The van der Waals surface area contributed by atoms with Crippen LogP contribution in [0.4, 0.5) is 0 Å². The Morgan fingerprint density at radius 3 is 2.35 bits per heavy atom. The molecule has 23 heavy (non-hydrogen) atoms. The molecular formula is C19H26N2O2. The predicted molar refractivity (Wildman–Crippen MR) is 89.2 cm³/mol. The number of amides is 1. The van der Waals surface area contributed by atoms with Gasteiger partial charge in [0.15, 0.2) is 0 Å². The van der Waals surface area contributed by atoms with Crippen molar-refractivity contribution in [1.29, 1.82) is 0 Å².